The number of carbonyl (C=O) groups is 1. The molecular weight excluding hydrogens is 236 g/mol. The highest BCUT2D eigenvalue weighted by atomic mass is 16.5. The summed E-state index contributed by atoms with van der Waals surface area (Å²) >= 11 is 0. The van der Waals surface area contributed by atoms with Crippen molar-refractivity contribution in [2.24, 2.45) is 0 Å². The van der Waals surface area contributed by atoms with E-state index >= 15 is 0 Å². The normalized spacial score (nSPS) is 10.5. The number of benzene rings is 1. The molecule has 0 bridgehead atoms. The highest BCUT2D eigenvalue weighted by Crippen LogP contribution is 2.07. The molecule has 0 spiro atoms. The molecule has 94 valence electrons. The second kappa shape index (κ2) is 4.89. The Hall–Kier alpha value is -2.34. The predicted molar refractivity (Wildman–Crippen MR) is 64.1 cm³/mol. The van der Waals surface area contributed by atoms with Crippen LogP contribution in [0.5, 0.6) is 0 Å². The van der Waals surface area contributed by atoms with Gasteiger partial charge in [-0.2, -0.15) is 0 Å². The van der Waals surface area contributed by atoms with Gasteiger partial charge in [-0.25, -0.2) is 9.48 Å². The van der Waals surface area contributed by atoms with Crippen LogP contribution in [-0.4, -0.2) is 28.0 Å². The van der Waals surface area contributed by atoms with E-state index in [1.165, 1.54) is 30.0 Å². The van der Waals surface area contributed by atoms with E-state index in [-0.39, 0.29) is 11.1 Å². The molecule has 1 aromatic carbocycles. The zero-order chi connectivity index (χ0) is 13.1. The van der Waals surface area contributed by atoms with E-state index in [0.717, 1.165) is 0 Å². The average Bonchev–Trinajstić information content (AvgIpc) is 2.71. The Kier molecular flexibility index (Phi) is 3.29. The molecule has 0 atom stereocenters. The van der Waals surface area contributed by atoms with E-state index in [1.54, 1.807) is 12.1 Å². The molecule has 18 heavy (non-hydrogen) atoms. The lowest BCUT2D eigenvalue weighted by Crippen LogP contribution is -2.13. The predicted octanol–water partition coefficient (Wildman–Crippen LogP) is 1.01. The van der Waals surface area contributed by atoms with E-state index in [9.17, 15) is 9.59 Å². The van der Waals surface area contributed by atoms with Crippen molar-refractivity contribution in [2.45, 2.75) is 6.61 Å². The Morgan fingerprint density at radius 1 is 1.39 bits per heavy atom. The van der Waals surface area contributed by atoms with Crippen LogP contribution in [0.4, 0.5) is 0 Å². The van der Waals surface area contributed by atoms with E-state index < -0.39 is 5.97 Å². The van der Waals surface area contributed by atoms with Crippen LogP contribution >= 0.6 is 0 Å². The van der Waals surface area contributed by atoms with Crippen molar-refractivity contribution >= 4 is 5.97 Å². The van der Waals surface area contributed by atoms with Gasteiger partial charge in [0.2, 0.25) is 0 Å². The summed E-state index contributed by atoms with van der Waals surface area (Å²) in [5.41, 5.74) is 1.19. The van der Waals surface area contributed by atoms with Crippen molar-refractivity contribution in [3.05, 3.63) is 51.9 Å². The fourth-order valence-electron chi connectivity index (χ4n) is 1.62. The first-order chi connectivity index (χ1) is 8.61. The number of hydrogen-bond acceptors (Lipinski definition) is 3. The van der Waals surface area contributed by atoms with E-state index in [1.807, 2.05) is 0 Å². The smallest absolute Gasteiger partial charge is 0.335 e. The summed E-state index contributed by atoms with van der Waals surface area (Å²) in [6.45, 7) is 0.315. The number of nitrogens with zero attached hydrogens (tertiary/aromatic N) is 1. The minimum absolute atomic E-state index is 0.176. The quantitative estimate of drug-likeness (QED) is 0.845. The highest BCUT2D eigenvalue weighted by molar-refractivity contribution is 5.87. The number of carboxylic acid groups (broad SMARTS) is 1. The van der Waals surface area contributed by atoms with Crippen LogP contribution in [0.1, 0.15) is 16.1 Å². The lowest BCUT2D eigenvalue weighted by Gasteiger charge is -2.02. The first-order valence-electron chi connectivity index (χ1n) is 5.25. The number of hydrogen-bond donors (Lipinski definition) is 2. The van der Waals surface area contributed by atoms with Crippen LogP contribution < -0.4 is 5.56 Å². The van der Waals surface area contributed by atoms with Crippen molar-refractivity contribution in [1.29, 1.82) is 0 Å². The summed E-state index contributed by atoms with van der Waals surface area (Å²) in [6, 6.07) is 7.46. The van der Waals surface area contributed by atoms with Crippen LogP contribution in [0, 0.1) is 0 Å². The van der Waals surface area contributed by atoms with Gasteiger partial charge in [-0.05, 0) is 24.3 Å². The van der Waals surface area contributed by atoms with E-state index in [0.29, 0.717) is 18.0 Å². The van der Waals surface area contributed by atoms with E-state index in [2.05, 4.69) is 5.10 Å². The van der Waals surface area contributed by atoms with Crippen LogP contribution in [-0.2, 0) is 11.3 Å². The Bertz CT molecular complexity index is 610. The molecule has 0 saturated carbocycles. The first kappa shape index (κ1) is 12.1. The van der Waals surface area contributed by atoms with Gasteiger partial charge in [0.1, 0.15) is 0 Å². The molecule has 1 heterocycles. The van der Waals surface area contributed by atoms with Crippen molar-refractivity contribution in [1.82, 2.24) is 9.78 Å². The summed E-state index contributed by atoms with van der Waals surface area (Å²) in [5, 5.41) is 11.7. The molecule has 0 fully saturated rings. The van der Waals surface area contributed by atoms with Gasteiger partial charge in [0.25, 0.3) is 5.56 Å². The number of methoxy groups -OCH3 is 1. The average molecular weight is 248 g/mol. The maximum Gasteiger partial charge on any atom is 0.335 e. The standard InChI is InChI=1S/C12H12N2O4/c1-18-7-9-6-11(15)14(13-9)10-4-2-8(3-5-10)12(16)17/h2-6,13H,7H2,1H3,(H,16,17). The Morgan fingerprint density at radius 2 is 2.06 bits per heavy atom. The van der Waals surface area contributed by atoms with Crippen LogP contribution in [0.25, 0.3) is 5.69 Å². The highest BCUT2D eigenvalue weighted by Gasteiger charge is 2.06. The number of rotatable bonds is 4. The molecule has 2 rings (SSSR count). The monoisotopic (exact) mass is 248 g/mol. The molecule has 6 heteroatoms. The molecule has 6 nitrogen and oxygen atoms in total. The summed E-state index contributed by atoms with van der Waals surface area (Å²) in [4.78, 5) is 22.4. The largest absolute Gasteiger partial charge is 0.478 e. The summed E-state index contributed by atoms with van der Waals surface area (Å²) < 4.78 is 6.25. The zero-order valence-electron chi connectivity index (χ0n) is 9.71. The lowest BCUT2D eigenvalue weighted by atomic mass is 10.2. The van der Waals surface area contributed by atoms with Crippen LogP contribution in [0.15, 0.2) is 35.1 Å². The van der Waals surface area contributed by atoms with Crippen molar-refractivity contribution in [3.63, 3.8) is 0 Å². The molecule has 0 radical (unpaired) electrons. The topological polar surface area (TPSA) is 84.3 Å². The molecule has 0 aliphatic rings. The molecule has 2 N–H and O–H groups in total. The second-order valence-electron chi connectivity index (χ2n) is 3.74. The van der Waals surface area contributed by atoms with Crippen molar-refractivity contribution < 1.29 is 14.6 Å². The summed E-state index contributed by atoms with van der Waals surface area (Å²) in [6.07, 6.45) is 0. The summed E-state index contributed by atoms with van der Waals surface area (Å²) in [7, 11) is 1.54. The first-order valence-corrected chi connectivity index (χ1v) is 5.25. The third-order valence-corrected chi connectivity index (χ3v) is 2.45. The van der Waals surface area contributed by atoms with Gasteiger partial charge >= 0.3 is 5.97 Å². The van der Waals surface area contributed by atoms with Gasteiger partial charge in [-0.3, -0.25) is 9.89 Å². The maximum atomic E-state index is 11.7. The Balaban J connectivity index is 2.36. The van der Waals surface area contributed by atoms with E-state index in [4.69, 9.17) is 9.84 Å². The number of H-pyrrole nitrogens is 1. The number of ether oxygens (including phenoxy) is 1. The van der Waals surface area contributed by atoms with Crippen LogP contribution in [0.2, 0.25) is 0 Å². The van der Waals surface area contributed by atoms with Gasteiger partial charge in [-0.1, -0.05) is 0 Å². The number of carboxylic acids is 1. The third kappa shape index (κ3) is 2.33. The number of aromatic carboxylic acids is 1. The van der Waals surface area contributed by atoms with Gasteiger partial charge in [-0.15, -0.1) is 0 Å². The minimum Gasteiger partial charge on any atom is -0.478 e. The molecule has 0 aliphatic carbocycles. The maximum absolute atomic E-state index is 11.7. The Morgan fingerprint density at radius 3 is 2.61 bits per heavy atom. The third-order valence-electron chi connectivity index (χ3n) is 2.45. The van der Waals surface area contributed by atoms with Gasteiger partial charge in [0.05, 0.1) is 23.6 Å². The number of aromatic nitrogens is 2. The SMILES string of the molecule is COCc1cc(=O)n(-c2ccc(C(=O)O)cc2)[nH]1. The number of aromatic amines is 1. The van der Waals surface area contributed by atoms with Crippen molar-refractivity contribution in [3.8, 4) is 5.69 Å². The lowest BCUT2D eigenvalue weighted by molar-refractivity contribution is 0.0697. The molecule has 0 unspecified atom stereocenters. The fourth-order valence-corrected chi connectivity index (χ4v) is 1.62. The second-order valence-corrected chi connectivity index (χ2v) is 3.74. The molecular formula is C12H12N2O4. The molecule has 1 aromatic heterocycles. The van der Waals surface area contributed by atoms with Gasteiger partial charge < -0.3 is 9.84 Å². The van der Waals surface area contributed by atoms with Gasteiger partial charge in [0, 0.05) is 13.2 Å². The summed E-state index contributed by atoms with van der Waals surface area (Å²) in [5.74, 6) is -1.000. The molecule has 0 saturated heterocycles. The van der Waals surface area contributed by atoms with Crippen LogP contribution in [0.3, 0.4) is 0 Å². The molecule has 0 aliphatic heterocycles. The molecule has 0 amide bonds. The molecule has 2 aromatic rings. The minimum atomic E-state index is -1.000. The van der Waals surface area contributed by atoms with Crippen molar-refractivity contribution in [2.75, 3.05) is 7.11 Å². The zero-order valence-corrected chi connectivity index (χ0v) is 9.71. The van der Waals surface area contributed by atoms with Gasteiger partial charge in [0.15, 0.2) is 0 Å². The Labute approximate surface area is 102 Å². The number of nitrogens with one attached hydrogen (secondary N) is 1. The fraction of sp³-hybridized carbons (Fsp3) is 0.167.